The highest BCUT2D eigenvalue weighted by molar-refractivity contribution is 7.80. The van der Waals surface area contributed by atoms with Gasteiger partial charge in [-0.15, -0.1) is 0 Å². The number of rotatable bonds is 4. The van der Waals surface area contributed by atoms with Crippen LogP contribution in [0.1, 0.15) is 22.3 Å². The lowest BCUT2D eigenvalue weighted by molar-refractivity contribution is 0.0520. The first-order valence-corrected chi connectivity index (χ1v) is 5.84. The van der Waals surface area contributed by atoms with Gasteiger partial charge in [0.25, 0.3) is 0 Å². The summed E-state index contributed by atoms with van der Waals surface area (Å²) in [6.07, 6.45) is 3.59. The van der Waals surface area contributed by atoms with E-state index in [1.165, 1.54) is 11.3 Å². The number of nitrogen functional groups attached to an aromatic ring is 1. The first-order chi connectivity index (χ1) is 7.19. The zero-order chi connectivity index (χ0) is 11.3. The molecule has 1 aromatic heterocycles. The van der Waals surface area contributed by atoms with Gasteiger partial charge in [-0.2, -0.15) is 12.6 Å². The van der Waals surface area contributed by atoms with Crippen LogP contribution in [0.5, 0.6) is 0 Å². The van der Waals surface area contributed by atoms with Crippen molar-refractivity contribution in [1.29, 1.82) is 0 Å². The molecule has 0 aliphatic carbocycles. The summed E-state index contributed by atoms with van der Waals surface area (Å²) >= 11 is 5.29. The molecule has 0 saturated carbocycles. The summed E-state index contributed by atoms with van der Waals surface area (Å²) in [5.74, 6) is 0.157. The first-order valence-electron chi connectivity index (χ1n) is 4.39. The van der Waals surface area contributed by atoms with Gasteiger partial charge < -0.3 is 10.5 Å². The van der Waals surface area contributed by atoms with E-state index in [1.807, 2.05) is 6.08 Å². The molecule has 0 bridgehead atoms. The third kappa shape index (κ3) is 3.24. The zero-order valence-corrected chi connectivity index (χ0v) is 9.98. The van der Waals surface area contributed by atoms with Crippen LogP contribution in [-0.2, 0) is 4.74 Å². The summed E-state index contributed by atoms with van der Waals surface area (Å²) < 4.78 is 4.86. The molecule has 0 saturated heterocycles. The number of esters is 1. The fourth-order valence-corrected chi connectivity index (χ4v) is 1.83. The van der Waals surface area contributed by atoms with Gasteiger partial charge in [-0.25, -0.2) is 9.78 Å². The second-order valence-corrected chi connectivity index (χ2v) is 4.00. The molecule has 0 unspecified atom stereocenters. The number of thiazole rings is 1. The van der Waals surface area contributed by atoms with E-state index in [4.69, 9.17) is 10.5 Å². The molecule has 82 valence electrons. The van der Waals surface area contributed by atoms with Gasteiger partial charge in [-0.3, -0.25) is 0 Å². The lowest BCUT2D eigenvalue weighted by atomic mass is 10.3. The second kappa shape index (κ2) is 5.77. The Balaban J connectivity index is 2.95. The average molecular weight is 244 g/mol. The molecule has 0 spiro atoms. The molecule has 0 amide bonds. The number of hydrogen-bond donors (Lipinski definition) is 2. The molecule has 2 N–H and O–H groups in total. The predicted molar refractivity (Wildman–Crippen MR) is 65.4 cm³/mol. The minimum absolute atomic E-state index is 0.275. The number of carbonyl (C=O) groups excluding carboxylic acids is 1. The highest BCUT2D eigenvalue weighted by Crippen LogP contribution is 2.22. The molecule has 0 aliphatic heterocycles. The third-order valence-corrected chi connectivity index (χ3v) is 2.57. The molecule has 1 heterocycles. The maximum Gasteiger partial charge on any atom is 0.358 e. The molecule has 0 aliphatic rings. The van der Waals surface area contributed by atoms with Crippen molar-refractivity contribution < 1.29 is 9.53 Å². The fraction of sp³-hybridized carbons (Fsp3) is 0.333. The average Bonchev–Trinajstić information content (AvgIpc) is 2.57. The molecule has 0 aromatic carbocycles. The largest absolute Gasteiger partial charge is 0.461 e. The van der Waals surface area contributed by atoms with Gasteiger partial charge >= 0.3 is 5.97 Å². The van der Waals surface area contributed by atoms with Crippen molar-refractivity contribution in [2.24, 2.45) is 0 Å². The summed E-state index contributed by atoms with van der Waals surface area (Å²) in [6.45, 7) is 2.07. The number of thiol groups is 1. The van der Waals surface area contributed by atoms with Gasteiger partial charge in [0, 0.05) is 5.75 Å². The summed E-state index contributed by atoms with van der Waals surface area (Å²) in [7, 11) is 0. The van der Waals surface area contributed by atoms with Crippen molar-refractivity contribution >= 4 is 41.1 Å². The van der Waals surface area contributed by atoms with Crippen LogP contribution in [0.3, 0.4) is 0 Å². The van der Waals surface area contributed by atoms with Crippen LogP contribution >= 0.6 is 24.0 Å². The molecule has 0 fully saturated rings. The molecule has 1 rings (SSSR count). The standard InChI is InChI=1S/C9H12N2O2S2/c1-2-13-8(12)7-6(4-3-5-14)15-9(10)11-7/h3-4,14H,2,5H2,1H3,(H2,10,11). The van der Waals surface area contributed by atoms with E-state index in [0.29, 0.717) is 22.4 Å². The normalized spacial score (nSPS) is 10.8. The van der Waals surface area contributed by atoms with Gasteiger partial charge in [0.15, 0.2) is 10.8 Å². The van der Waals surface area contributed by atoms with Crippen LogP contribution in [0.2, 0.25) is 0 Å². The SMILES string of the molecule is CCOC(=O)c1nc(N)sc1C=CCS. The molecule has 0 radical (unpaired) electrons. The quantitative estimate of drug-likeness (QED) is 0.626. The molecular formula is C9H12N2O2S2. The summed E-state index contributed by atoms with van der Waals surface area (Å²) in [5, 5.41) is 0.358. The van der Waals surface area contributed by atoms with Crippen LogP contribution in [0.25, 0.3) is 6.08 Å². The van der Waals surface area contributed by atoms with Gasteiger partial charge in [0.05, 0.1) is 11.5 Å². The topological polar surface area (TPSA) is 65.2 Å². The first kappa shape index (κ1) is 12.1. The molecular weight excluding hydrogens is 232 g/mol. The van der Waals surface area contributed by atoms with Crippen LogP contribution in [-0.4, -0.2) is 23.3 Å². The smallest absolute Gasteiger partial charge is 0.358 e. The number of ether oxygens (including phenoxy) is 1. The highest BCUT2D eigenvalue weighted by atomic mass is 32.1. The van der Waals surface area contributed by atoms with E-state index in [-0.39, 0.29) is 5.69 Å². The van der Waals surface area contributed by atoms with Crippen molar-refractivity contribution in [3.05, 3.63) is 16.6 Å². The van der Waals surface area contributed by atoms with E-state index in [2.05, 4.69) is 17.6 Å². The van der Waals surface area contributed by atoms with Gasteiger partial charge in [0.2, 0.25) is 0 Å². The summed E-state index contributed by atoms with van der Waals surface area (Å²) in [5.41, 5.74) is 5.81. The zero-order valence-electron chi connectivity index (χ0n) is 8.27. The minimum Gasteiger partial charge on any atom is -0.461 e. The second-order valence-electron chi connectivity index (χ2n) is 2.57. The Morgan fingerprint density at radius 3 is 3.07 bits per heavy atom. The Labute approximate surface area is 97.6 Å². The number of hydrogen-bond acceptors (Lipinski definition) is 6. The van der Waals surface area contributed by atoms with Crippen molar-refractivity contribution in [3.63, 3.8) is 0 Å². The van der Waals surface area contributed by atoms with Crippen LogP contribution in [0.15, 0.2) is 6.08 Å². The van der Waals surface area contributed by atoms with Crippen molar-refractivity contribution in [1.82, 2.24) is 4.98 Å². The Kier molecular flexibility index (Phi) is 4.64. The number of aromatic nitrogens is 1. The Hall–Kier alpha value is -1.01. The summed E-state index contributed by atoms with van der Waals surface area (Å²) in [6, 6.07) is 0. The van der Waals surface area contributed by atoms with E-state index < -0.39 is 5.97 Å². The minimum atomic E-state index is -0.440. The van der Waals surface area contributed by atoms with E-state index in [1.54, 1.807) is 13.0 Å². The maximum atomic E-state index is 11.5. The molecule has 0 atom stereocenters. The van der Waals surface area contributed by atoms with Crippen LogP contribution in [0, 0.1) is 0 Å². The number of carbonyl (C=O) groups is 1. The number of nitrogens with two attached hydrogens (primary N) is 1. The Morgan fingerprint density at radius 2 is 2.47 bits per heavy atom. The van der Waals surface area contributed by atoms with E-state index in [0.717, 1.165) is 0 Å². The van der Waals surface area contributed by atoms with Crippen molar-refractivity contribution in [2.45, 2.75) is 6.92 Å². The van der Waals surface area contributed by atoms with Gasteiger partial charge in [0.1, 0.15) is 0 Å². The molecule has 6 heteroatoms. The lowest BCUT2D eigenvalue weighted by Gasteiger charge is -1.98. The Bertz CT molecular complexity index is 374. The molecule has 4 nitrogen and oxygen atoms in total. The van der Waals surface area contributed by atoms with E-state index >= 15 is 0 Å². The predicted octanol–water partition coefficient (Wildman–Crippen LogP) is 1.85. The van der Waals surface area contributed by atoms with Gasteiger partial charge in [-0.05, 0) is 13.0 Å². The molecule has 15 heavy (non-hydrogen) atoms. The fourth-order valence-electron chi connectivity index (χ4n) is 0.967. The van der Waals surface area contributed by atoms with Crippen molar-refractivity contribution in [3.8, 4) is 0 Å². The van der Waals surface area contributed by atoms with Crippen LogP contribution < -0.4 is 5.73 Å². The Morgan fingerprint density at radius 1 is 1.73 bits per heavy atom. The monoisotopic (exact) mass is 244 g/mol. The summed E-state index contributed by atoms with van der Waals surface area (Å²) in [4.78, 5) is 16.1. The maximum absolute atomic E-state index is 11.5. The van der Waals surface area contributed by atoms with Gasteiger partial charge in [-0.1, -0.05) is 17.4 Å². The third-order valence-electron chi connectivity index (χ3n) is 1.51. The molecule has 1 aromatic rings. The van der Waals surface area contributed by atoms with Crippen LogP contribution in [0.4, 0.5) is 5.13 Å². The number of nitrogens with zero attached hydrogens (tertiary/aromatic N) is 1. The van der Waals surface area contributed by atoms with Crippen molar-refractivity contribution in [2.75, 3.05) is 18.1 Å². The van der Waals surface area contributed by atoms with E-state index in [9.17, 15) is 4.79 Å². The number of anilines is 1. The lowest BCUT2D eigenvalue weighted by Crippen LogP contribution is -2.06. The highest BCUT2D eigenvalue weighted by Gasteiger charge is 2.16.